The molecule has 0 bridgehead atoms. The third kappa shape index (κ3) is 4.34. The summed E-state index contributed by atoms with van der Waals surface area (Å²) < 4.78 is 10.6. The number of hydrogen-bond acceptors (Lipinski definition) is 6. The highest BCUT2D eigenvalue weighted by Gasteiger charge is 2.20. The molecular weight excluding hydrogens is 399 g/mol. The van der Waals surface area contributed by atoms with E-state index >= 15 is 0 Å². The molecule has 0 aliphatic carbocycles. The first kappa shape index (κ1) is 21.9. The molecule has 3 aromatic rings. The fourth-order valence-corrected chi connectivity index (χ4v) is 3.24. The highest BCUT2D eigenvalue weighted by Crippen LogP contribution is 2.46. The van der Waals surface area contributed by atoms with Crippen molar-refractivity contribution in [3.8, 4) is 22.8 Å². The van der Waals surface area contributed by atoms with Gasteiger partial charge in [-0.25, -0.2) is 9.97 Å². The molecule has 6 nitrogen and oxygen atoms in total. The summed E-state index contributed by atoms with van der Waals surface area (Å²) in [7, 11) is 4.82. The first-order valence-electron chi connectivity index (χ1n) is 8.76. The topological polar surface area (TPSA) is 82.3 Å². The predicted molar refractivity (Wildman–Crippen MR) is 118 cm³/mol. The van der Waals surface area contributed by atoms with Gasteiger partial charge in [-0.05, 0) is 12.1 Å². The molecule has 0 spiro atoms. The minimum atomic E-state index is 0.333. The molecule has 2 heterocycles. The molecule has 3 rings (SSSR count). The number of nitrogens with two attached hydrogens (primary N) is 1. The Hall–Kier alpha value is -2.44. The molecule has 0 fully saturated rings. The Kier molecular flexibility index (Phi) is 7.54. The molecule has 8 heteroatoms. The lowest BCUT2D eigenvalue weighted by atomic mass is 10.1. The van der Waals surface area contributed by atoms with Crippen LogP contribution in [0.5, 0.6) is 11.5 Å². The quantitative estimate of drug-likeness (QED) is 0.564. The summed E-state index contributed by atoms with van der Waals surface area (Å²) in [5, 5.41) is 5.23. The first-order chi connectivity index (χ1) is 13.4. The summed E-state index contributed by atoms with van der Waals surface area (Å²) in [6, 6.07) is 5.28. The third-order valence-electron chi connectivity index (χ3n) is 3.83. The number of rotatable bonds is 4. The number of halogens is 2. The van der Waals surface area contributed by atoms with E-state index in [2.05, 4.69) is 29.1 Å². The lowest BCUT2D eigenvalue weighted by molar-refractivity contribution is 0.395. The number of nitrogen functional groups attached to an aromatic ring is 1. The summed E-state index contributed by atoms with van der Waals surface area (Å²) in [5.41, 5.74) is 7.15. The van der Waals surface area contributed by atoms with Crippen molar-refractivity contribution in [1.29, 1.82) is 0 Å². The number of pyridine rings is 2. The normalized spacial score (nSPS) is 10.2. The summed E-state index contributed by atoms with van der Waals surface area (Å²) in [6.45, 7) is 4.25. The summed E-state index contributed by atoms with van der Waals surface area (Å²) in [6.07, 6.45) is 2.96. The van der Waals surface area contributed by atoms with Gasteiger partial charge in [0.2, 0.25) is 0 Å². The van der Waals surface area contributed by atoms with E-state index in [9.17, 15) is 0 Å². The molecule has 0 saturated carbocycles. The molecule has 0 aliphatic rings. The second-order valence-electron chi connectivity index (χ2n) is 5.92. The maximum Gasteiger partial charge on any atom is 0.141 e. The largest absolute Gasteiger partial charge is 0.495 e. The summed E-state index contributed by atoms with van der Waals surface area (Å²) in [5.74, 6) is 1.91. The van der Waals surface area contributed by atoms with Crippen molar-refractivity contribution in [2.24, 2.45) is 0 Å². The van der Waals surface area contributed by atoms with E-state index in [0.29, 0.717) is 44.4 Å². The van der Waals surface area contributed by atoms with Crippen LogP contribution in [0.15, 0.2) is 24.4 Å². The van der Waals surface area contributed by atoms with E-state index in [-0.39, 0.29) is 0 Å². The van der Waals surface area contributed by atoms with Crippen molar-refractivity contribution < 1.29 is 9.47 Å². The van der Waals surface area contributed by atoms with Crippen molar-refractivity contribution in [3.05, 3.63) is 34.4 Å². The van der Waals surface area contributed by atoms with Gasteiger partial charge in [-0.3, -0.25) is 0 Å². The van der Waals surface area contributed by atoms with Crippen molar-refractivity contribution in [1.82, 2.24) is 9.97 Å². The predicted octanol–water partition coefficient (Wildman–Crippen LogP) is 5.66. The van der Waals surface area contributed by atoms with Crippen molar-refractivity contribution in [3.63, 3.8) is 0 Å². The molecule has 2 aromatic heterocycles. The number of nitrogens with one attached hydrogen (secondary N) is 1. The van der Waals surface area contributed by atoms with Gasteiger partial charge in [0.15, 0.2) is 0 Å². The lowest BCUT2D eigenvalue weighted by Crippen LogP contribution is -1.99. The van der Waals surface area contributed by atoms with Crippen LogP contribution < -0.4 is 20.5 Å². The Balaban J connectivity index is 0.000000878. The number of fused-ring (bicyclic) bond motifs is 1. The van der Waals surface area contributed by atoms with Crippen molar-refractivity contribution in [2.45, 2.75) is 20.3 Å². The number of ether oxygens (including phenoxy) is 2. The van der Waals surface area contributed by atoms with Crippen LogP contribution in [-0.2, 0) is 0 Å². The lowest BCUT2D eigenvalue weighted by Gasteiger charge is -2.15. The molecule has 0 atom stereocenters. The van der Waals surface area contributed by atoms with Gasteiger partial charge in [-0.15, -0.1) is 0 Å². The highest BCUT2D eigenvalue weighted by molar-refractivity contribution is 6.41. The van der Waals surface area contributed by atoms with E-state index in [0.717, 1.165) is 10.8 Å². The van der Waals surface area contributed by atoms with Crippen LogP contribution in [0.25, 0.3) is 22.0 Å². The van der Waals surface area contributed by atoms with Crippen molar-refractivity contribution in [2.75, 3.05) is 32.3 Å². The van der Waals surface area contributed by atoms with E-state index < -0.39 is 0 Å². The second kappa shape index (κ2) is 9.66. The number of benzene rings is 1. The van der Waals surface area contributed by atoms with Crippen LogP contribution in [-0.4, -0.2) is 31.2 Å². The molecule has 0 amide bonds. The summed E-state index contributed by atoms with van der Waals surface area (Å²) in [4.78, 5) is 8.77. The fourth-order valence-electron chi connectivity index (χ4n) is 2.55. The first-order valence-corrected chi connectivity index (χ1v) is 9.51. The number of methoxy groups -OCH3 is 2. The molecular formula is C20H24Cl2N4O2. The number of nitrogens with zero attached hydrogens (tertiary/aromatic N) is 2. The van der Waals surface area contributed by atoms with Crippen LogP contribution >= 0.6 is 23.2 Å². The zero-order valence-electron chi connectivity index (χ0n) is 16.6. The van der Waals surface area contributed by atoms with Gasteiger partial charge in [0.1, 0.15) is 23.1 Å². The van der Waals surface area contributed by atoms with Crippen LogP contribution in [0.2, 0.25) is 10.0 Å². The van der Waals surface area contributed by atoms with Crippen LogP contribution in [0, 0.1) is 0 Å². The van der Waals surface area contributed by atoms with Crippen molar-refractivity contribution >= 4 is 45.6 Å². The van der Waals surface area contributed by atoms with Gasteiger partial charge in [0.25, 0.3) is 0 Å². The second-order valence-corrected chi connectivity index (χ2v) is 6.68. The third-order valence-corrected chi connectivity index (χ3v) is 4.58. The molecule has 0 saturated heterocycles. The van der Waals surface area contributed by atoms with Gasteiger partial charge in [0, 0.05) is 35.6 Å². The Bertz CT molecular complexity index is 952. The maximum atomic E-state index is 6.46. The van der Waals surface area contributed by atoms with Crippen LogP contribution in [0.4, 0.5) is 11.6 Å². The van der Waals surface area contributed by atoms with Gasteiger partial charge in [-0.1, -0.05) is 43.5 Å². The zero-order valence-corrected chi connectivity index (χ0v) is 18.1. The molecule has 0 unspecified atom stereocenters. The molecule has 28 heavy (non-hydrogen) atoms. The smallest absolute Gasteiger partial charge is 0.141 e. The Morgan fingerprint density at radius 2 is 1.61 bits per heavy atom. The molecule has 0 aliphatic heterocycles. The SMILES string of the molecule is CCC.CNc1cc2c(N)nc(-c3c(Cl)c(OC)cc(OC)c3Cl)cc2cn1. The molecule has 3 N–H and O–H groups in total. The number of anilines is 2. The minimum Gasteiger partial charge on any atom is -0.495 e. The summed E-state index contributed by atoms with van der Waals surface area (Å²) >= 11 is 12.9. The van der Waals surface area contributed by atoms with Crippen LogP contribution in [0.3, 0.4) is 0 Å². The van der Waals surface area contributed by atoms with Gasteiger partial charge in [-0.2, -0.15) is 0 Å². The van der Waals surface area contributed by atoms with Crippen LogP contribution in [0.1, 0.15) is 20.3 Å². The Labute approximate surface area is 175 Å². The zero-order chi connectivity index (χ0) is 20.8. The average molecular weight is 423 g/mol. The standard InChI is InChI=1S/C17H16Cl2N4O2.C3H8/c1-21-13-5-9-8(7-22-13)4-10(23-17(9)20)14-15(18)11(24-2)6-12(25-3)16(14)19;1-3-2/h4-7H,1-3H3,(H2,20,23)(H,21,22);3H2,1-2H3. The van der Waals surface area contributed by atoms with E-state index in [1.54, 1.807) is 19.3 Å². The number of aromatic nitrogens is 2. The Morgan fingerprint density at radius 3 is 2.11 bits per heavy atom. The number of hydrogen-bond donors (Lipinski definition) is 2. The minimum absolute atomic E-state index is 0.333. The fraction of sp³-hybridized carbons (Fsp3) is 0.300. The van der Waals surface area contributed by atoms with E-state index in [4.69, 9.17) is 38.4 Å². The Morgan fingerprint density at radius 1 is 1.04 bits per heavy atom. The van der Waals surface area contributed by atoms with Gasteiger partial charge in [0.05, 0.1) is 30.0 Å². The monoisotopic (exact) mass is 422 g/mol. The molecule has 150 valence electrons. The van der Waals surface area contributed by atoms with E-state index in [1.165, 1.54) is 20.6 Å². The van der Waals surface area contributed by atoms with E-state index in [1.807, 2.05) is 12.1 Å². The maximum absolute atomic E-state index is 6.46. The highest BCUT2D eigenvalue weighted by atomic mass is 35.5. The van der Waals surface area contributed by atoms with Gasteiger partial charge < -0.3 is 20.5 Å². The molecule has 1 aromatic carbocycles. The molecule has 0 radical (unpaired) electrons. The average Bonchev–Trinajstić information content (AvgIpc) is 2.69. The van der Waals surface area contributed by atoms with Gasteiger partial charge >= 0.3 is 0 Å².